The molecule has 1 heterocycles. The summed E-state index contributed by atoms with van der Waals surface area (Å²) in [5.74, 6) is 2.66. The number of amides is 1. The lowest BCUT2D eigenvalue weighted by molar-refractivity contribution is -0.126. The van der Waals surface area contributed by atoms with Crippen LogP contribution in [0.3, 0.4) is 0 Å². The summed E-state index contributed by atoms with van der Waals surface area (Å²) in [4.78, 5) is 12.9. The highest BCUT2D eigenvalue weighted by molar-refractivity contribution is 8.02. The number of benzene rings is 1. The van der Waals surface area contributed by atoms with Crippen molar-refractivity contribution in [1.82, 2.24) is 15.5 Å². The van der Waals surface area contributed by atoms with E-state index in [0.717, 1.165) is 32.9 Å². The largest absolute Gasteiger partial charge is 0.350 e. The molecule has 4 saturated carbocycles. The third kappa shape index (κ3) is 3.79. The molecule has 1 atom stereocenters. The smallest absolute Gasteiger partial charge is 0.233 e. The van der Waals surface area contributed by atoms with Crippen molar-refractivity contribution in [3.8, 4) is 0 Å². The normalized spacial score (nSPS) is 31.5. The fraction of sp³-hybridized carbons (Fsp3) is 0.571. The van der Waals surface area contributed by atoms with Gasteiger partial charge in [0.05, 0.1) is 5.25 Å². The molecule has 2 N–H and O–H groups in total. The van der Waals surface area contributed by atoms with Gasteiger partial charge in [-0.2, -0.15) is 0 Å². The minimum absolute atomic E-state index is 0.0712. The summed E-state index contributed by atoms with van der Waals surface area (Å²) < 4.78 is 0.826. The van der Waals surface area contributed by atoms with Gasteiger partial charge in [-0.15, -0.1) is 10.2 Å². The number of para-hydroxylation sites is 1. The molecular weight excluding hydrogens is 388 g/mol. The SMILES string of the molecule is C[C@@H](Sc1nnc(Nc2ccccc2)s1)C(=O)NC12CC3CC(CC(C3)C1)C2. The van der Waals surface area contributed by atoms with Gasteiger partial charge in [0, 0.05) is 11.2 Å². The fourth-order valence-corrected chi connectivity index (χ4v) is 7.70. The molecule has 4 aliphatic carbocycles. The summed E-state index contributed by atoms with van der Waals surface area (Å²) in [5, 5.41) is 15.8. The molecule has 148 valence electrons. The van der Waals surface area contributed by atoms with Crippen molar-refractivity contribution in [2.24, 2.45) is 17.8 Å². The lowest BCUT2D eigenvalue weighted by Crippen LogP contribution is -2.60. The Balaban J connectivity index is 1.19. The van der Waals surface area contributed by atoms with Gasteiger partial charge in [-0.25, -0.2) is 0 Å². The monoisotopic (exact) mass is 414 g/mol. The molecule has 0 radical (unpaired) electrons. The Bertz CT molecular complexity index is 818. The van der Waals surface area contributed by atoms with Gasteiger partial charge < -0.3 is 10.6 Å². The van der Waals surface area contributed by atoms with E-state index in [1.54, 1.807) is 0 Å². The maximum atomic E-state index is 12.9. The van der Waals surface area contributed by atoms with E-state index in [0.29, 0.717) is 0 Å². The van der Waals surface area contributed by atoms with E-state index >= 15 is 0 Å². The van der Waals surface area contributed by atoms with E-state index in [2.05, 4.69) is 20.8 Å². The minimum Gasteiger partial charge on any atom is -0.350 e. The summed E-state index contributed by atoms with van der Waals surface area (Å²) in [6.07, 6.45) is 7.73. The molecule has 1 aromatic carbocycles. The Kier molecular flexibility index (Phi) is 4.83. The van der Waals surface area contributed by atoms with Crippen molar-refractivity contribution in [2.45, 2.75) is 60.6 Å². The number of rotatable bonds is 6. The van der Waals surface area contributed by atoms with Gasteiger partial charge in [0.1, 0.15) is 0 Å². The van der Waals surface area contributed by atoms with Crippen molar-refractivity contribution in [3.05, 3.63) is 30.3 Å². The molecule has 1 amide bonds. The van der Waals surface area contributed by atoms with Crippen LogP contribution < -0.4 is 10.6 Å². The third-order valence-corrected chi connectivity index (χ3v) is 8.53. The van der Waals surface area contributed by atoms with Crippen LogP contribution in [0, 0.1) is 17.8 Å². The van der Waals surface area contributed by atoms with Crippen molar-refractivity contribution < 1.29 is 4.79 Å². The van der Waals surface area contributed by atoms with E-state index < -0.39 is 0 Å². The number of nitrogens with one attached hydrogen (secondary N) is 2. The number of carbonyl (C=O) groups excluding carboxylic acids is 1. The number of nitrogens with zero attached hydrogens (tertiary/aromatic N) is 2. The summed E-state index contributed by atoms with van der Waals surface area (Å²) in [5.41, 5.74) is 1.06. The zero-order valence-corrected chi connectivity index (χ0v) is 17.7. The maximum absolute atomic E-state index is 12.9. The second-order valence-electron chi connectivity index (χ2n) is 8.81. The Hall–Kier alpha value is -1.60. The molecule has 0 spiro atoms. The molecule has 2 aromatic rings. The van der Waals surface area contributed by atoms with Gasteiger partial charge in [-0.1, -0.05) is 41.3 Å². The quantitative estimate of drug-likeness (QED) is 0.662. The average Bonchev–Trinajstić information content (AvgIpc) is 3.07. The second kappa shape index (κ2) is 7.34. The topological polar surface area (TPSA) is 66.9 Å². The zero-order chi connectivity index (χ0) is 19.1. The Morgan fingerprint density at radius 1 is 1.11 bits per heavy atom. The lowest BCUT2D eigenvalue weighted by atomic mass is 9.53. The van der Waals surface area contributed by atoms with Crippen LogP contribution in [0.2, 0.25) is 0 Å². The molecule has 28 heavy (non-hydrogen) atoms. The maximum Gasteiger partial charge on any atom is 0.233 e. The highest BCUT2D eigenvalue weighted by atomic mass is 32.2. The molecule has 0 saturated heterocycles. The minimum atomic E-state index is -0.162. The molecule has 0 unspecified atom stereocenters. The van der Waals surface area contributed by atoms with E-state index in [9.17, 15) is 4.79 Å². The average molecular weight is 415 g/mol. The van der Waals surface area contributed by atoms with Gasteiger partial charge in [-0.05, 0) is 75.3 Å². The summed E-state index contributed by atoms with van der Waals surface area (Å²) in [6.45, 7) is 1.98. The van der Waals surface area contributed by atoms with Crippen LogP contribution in [0.4, 0.5) is 10.8 Å². The number of anilines is 2. The van der Waals surface area contributed by atoms with Gasteiger partial charge in [0.15, 0.2) is 4.34 Å². The van der Waals surface area contributed by atoms with Crippen LogP contribution in [0.15, 0.2) is 34.7 Å². The fourth-order valence-electron chi connectivity index (χ4n) is 5.78. The molecule has 4 bridgehead atoms. The number of hydrogen-bond acceptors (Lipinski definition) is 6. The third-order valence-electron chi connectivity index (χ3n) is 6.50. The first-order valence-corrected chi connectivity index (χ1v) is 11.9. The molecule has 1 aromatic heterocycles. The first kappa shape index (κ1) is 18.4. The summed E-state index contributed by atoms with van der Waals surface area (Å²) in [6, 6.07) is 9.94. The van der Waals surface area contributed by atoms with Crippen molar-refractivity contribution >= 4 is 39.8 Å². The molecule has 4 aliphatic rings. The standard InChI is InChI=1S/C21H26N4OS2/c1-13(27-20-25-24-19(28-20)22-17-5-3-2-4-6-17)18(26)23-21-10-14-7-15(11-21)9-16(8-14)12-21/h2-6,13-16H,7-12H2,1H3,(H,22,24)(H,23,26)/t13-,14?,15?,16?,21?/m1/s1. The molecule has 0 aliphatic heterocycles. The van der Waals surface area contributed by atoms with Gasteiger partial charge >= 0.3 is 0 Å². The first-order valence-electron chi connectivity index (χ1n) is 10.2. The van der Waals surface area contributed by atoms with Crippen molar-refractivity contribution in [2.75, 3.05) is 5.32 Å². The van der Waals surface area contributed by atoms with Gasteiger partial charge in [0.2, 0.25) is 11.0 Å². The Morgan fingerprint density at radius 2 is 1.75 bits per heavy atom. The van der Waals surface area contributed by atoms with E-state index in [4.69, 9.17) is 0 Å². The van der Waals surface area contributed by atoms with Crippen molar-refractivity contribution in [3.63, 3.8) is 0 Å². The highest BCUT2D eigenvalue weighted by Gasteiger charge is 2.51. The molecular formula is C21H26N4OS2. The van der Waals surface area contributed by atoms with Gasteiger partial charge in [0.25, 0.3) is 0 Å². The van der Waals surface area contributed by atoms with E-state index in [-0.39, 0.29) is 16.7 Å². The number of carbonyl (C=O) groups is 1. The lowest BCUT2D eigenvalue weighted by Gasteiger charge is -2.57. The highest BCUT2D eigenvalue weighted by Crippen LogP contribution is 2.55. The Morgan fingerprint density at radius 3 is 2.39 bits per heavy atom. The number of thioether (sulfide) groups is 1. The zero-order valence-electron chi connectivity index (χ0n) is 16.1. The van der Waals surface area contributed by atoms with Crippen LogP contribution in [-0.4, -0.2) is 26.9 Å². The second-order valence-corrected chi connectivity index (χ2v) is 11.4. The Labute approximate surface area is 174 Å². The number of hydrogen-bond donors (Lipinski definition) is 2. The van der Waals surface area contributed by atoms with Crippen LogP contribution in [0.25, 0.3) is 0 Å². The summed E-state index contributed by atoms with van der Waals surface area (Å²) in [7, 11) is 0. The predicted octanol–water partition coefficient (Wildman–Crippen LogP) is 4.85. The van der Waals surface area contributed by atoms with Crippen LogP contribution in [-0.2, 0) is 4.79 Å². The molecule has 7 heteroatoms. The first-order chi connectivity index (χ1) is 13.6. The van der Waals surface area contributed by atoms with E-state index in [1.807, 2.05) is 37.3 Å². The van der Waals surface area contributed by atoms with Crippen LogP contribution in [0.1, 0.15) is 45.4 Å². The molecule has 5 nitrogen and oxygen atoms in total. The van der Waals surface area contributed by atoms with Crippen LogP contribution in [0.5, 0.6) is 0 Å². The molecule has 4 fully saturated rings. The summed E-state index contributed by atoms with van der Waals surface area (Å²) >= 11 is 3.00. The number of aromatic nitrogens is 2. The van der Waals surface area contributed by atoms with Crippen LogP contribution >= 0.6 is 23.1 Å². The van der Waals surface area contributed by atoms with Gasteiger partial charge in [-0.3, -0.25) is 4.79 Å². The molecule has 6 rings (SSSR count). The van der Waals surface area contributed by atoms with E-state index in [1.165, 1.54) is 61.6 Å². The predicted molar refractivity (Wildman–Crippen MR) is 114 cm³/mol. The van der Waals surface area contributed by atoms with Crippen molar-refractivity contribution in [1.29, 1.82) is 0 Å².